The lowest BCUT2D eigenvalue weighted by Gasteiger charge is -2.39. The SMILES string of the molecule is C=CCCCc1cc(F)ccc1N1CN(c2ccc(OC)nc2CC=C)C(=O)c2cc(C(F)(F)F)ccc21. The number of nitrogens with zero attached hydrogens (tertiary/aromatic N) is 3. The molecule has 1 aliphatic heterocycles. The van der Waals surface area contributed by atoms with Crippen LogP contribution < -0.4 is 14.5 Å². The van der Waals surface area contributed by atoms with Crippen molar-refractivity contribution in [2.45, 2.75) is 31.9 Å². The molecule has 0 atom stereocenters. The molecular formula is C29H27F4N3O2. The van der Waals surface area contributed by atoms with Crippen LogP contribution in [0.15, 0.2) is 73.8 Å². The molecule has 9 heteroatoms. The highest BCUT2D eigenvalue weighted by atomic mass is 19.4. The molecule has 2 aromatic carbocycles. The molecule has 0 unspecified atom stereocenters. The third kappa shape index (κ3) is 5.41. The summed E-state index contributed by atoms with van der Waals surface area (Å²) in [6.07, 6.45) is 0.998. The van der Waals surface area contributed by atoms with Gasteiger partial charge in [0.1, 0.15) is 12.5 Å². The molecule has 198 valence electrons. The van der Waals surface area contributed by atoms with E-state index in [1.54, 1.807) is 35.3 Å². The van der Waals surface area contributed by atoms with Crippen molar-refractivity contribution in [2.24, 2.45) is 0 Å². The van der Waals surface area contributed by atoms with Crippen molar-refractivity contribution < 1.29 is 27.1 Å². The predicted octanol–water partition coefficient (Wildman–Crippen LogP) is 7.24. The Morgan fingerprint density at radius 2 is 1.74 bits per heavy atom. The number of unbranched alkanes of at least 4 members (excludes halogenated alkanes) is 1. The molecule has 0 bridgehead atoms. The van der Waals surface area contributed by atoms with Gasteiger partial charge < -0.3 is 9.64 Å². The molecule has 0 fully saturated rings. The minimum absolute atomic E-state index is 0.0184. The number of halogens is 4. The lowest BCUT2D eigenvalue weighted by atomic mass is 10.00. The summed E-state index contributed by atoms with van der Waals surface area (Å²) in [5.41, 5.74) is 1.42. The van der Waals surface area contributed by atoms with E-state index in [9.17, 15) is 22.4 Å². The highest BCUT2D eigenvalue weighted by molar-refractivity contribution is 6.13. The number of allylic oxidation sites excluding steroid dienone is 2. The molecule has 3 aromatic rings. The molecule has 38 heavy (non-hydrogen) atoms. The van der Waals surface area contributed by atoms with Gasteiger partial charge in [0, 0.05) is 18.2 Å². The van der Waals surface area contributed by atoms with Gasteiger partial charge in [0.2, 0.25) is 5.88 Å². The third-order valence-electron chi connectivity index (χ3n) is 6.32. The predicted molar refractivity (Wildman–Crippen MR) is 139 cm³/mol. The maximum absolute atomic E-state index is 14.3. The van der Waals surface area contributed by atoms with Crippen molar-refractivity contribution in [2.75, 3.05) is 23.6 Å². The Hall–Kier alpha value is -4.14. The van der Waals surface area contributed by atoms with Crippen LogP contribution in [0.1, 0.15) is 40.0 Å². The van der Waals surface area contributed by atoms with Gasteiger partial charge in [-0.1, -0.05) is 12.2 Å². The Labute approximate surface area is 218 Å². The molecule has 1 amide bonds. The standard InChI is InChI=1S/C29H27F4N3O2/c1-4-6-7-9-19-16-21(30)11-13-24(19)35-18-36(26-14-15-27(38-3)34-23(26)8-5-2)28(37)22-17-20(29(31,32)33)10-12-25(22)35/h4-5,10-17H,1-2,6-9,18H2,3H3. The summed E-state index contributed by atoms with van der Waals surface area (Å²) in [7, 11) is 1.46. The molecule has 0 radical (unpaired) electrons. The van der Waals surface area contributed by atoms with Crippen molar-refractivity contribution >= 4 is 23.0 Å². The minimum Gasteiger partial charge on any atom is -0.481 e. The Balaban J connectivity index is 1.90. The Kier molecular flexibility index (Phi) is 7.85. The summed E-state index contributed by atoms with van der Waals surface area (Å²) in [6.45, 7) is 7.45. The quantitative estimate of drug-likeness (QED) is 0.168. The molecule has 1 aliphatic rings. The van der Waals surface area contributed by atoms with E-state index in [0.717, 1.165) is 12.1 Å². The first-order valence-corrected chi connectivity index (χ1v) is 12.0. The van der Waals surface area contributed by atoms with E-state index in [1.165, 1.54) is 30.2 Å². The first-order chi connectivity index (χ1) is 18.2. The number of rotatable bonds is 9. The number of aromatic nitrogens is 1. The van der Waals surface area contributed by atoms with Crippen LogP contribution in [0.4, 0.5) is 34.6 Å². The van der Waals surface area contributed by atoms with Crippen molar-refractivity contribution in [3.8, 4) is 5.88 Å². The maximum Gasteiger partial charge on any atom is 0.416 e. The fourth-order valence-corrected chi connectivity index (χ4v) is 4.51. The molecule has 0 saturated carbocycles. The third-order valence-corrected chi connectivity index (χ3v) is 6.32. The highest BCUT2D eigenvalue weighted by Crippen LogP contribution is 2.41. The van der Waals surface area contributed by atoms with Gasteiger partial charge in [-0.05, 0) is 67.3 Å². The van der Waals surface area contributed by atoms with Gasteiger partial charge in [0.15, 0.2) is 0 Å². The second-order valence-electron chi connectivity index (χ2n) is 8.80. The Bertz CT molecular complexity index is 1370. The summed E-state index contributed by atoms with van der Waals surface area (Å²) < 4.78 is 60.4. The van der Waals surface area contributed by atoms with E-state index in [1.807, 2.05) is 0 Å². The number of fused-ring (bicyclic) bond motifs is 1. The van der Waals surface area contributed by atoms with E-state index in [-0.39, 0.29) is 12.2 Å². The van der Waals surface area contributed by atoms with Crippen molar-refractivity contribution in [1.29, 1.82) is 0 Å². The van der Waals surface area contributed by atoms with Gasteiger partial charge in [-0.2, -0.15) is 13.2 Å². The monoisotopic (exact) mass is 525 g/mol. The zero-order valence-electron chi connectivity index (χ0n) is 20.9. The van der Waals surface area contributed by atoms with Crippen LogP contribution >= 0.6 is 0 Å². The number of carbonyl (C=O) groups is 1. The molecule has 2 heterocycles. The van der Waals surface area contributed by atoms with Crippen LogP contribution in [0, 0.1) is 5.82 Å². The fourth-order valence-electron chi connectivity index (χ4n) is 4.51. The Morgan fingerprint density at radius 1 is 1.00 bits per heavy atom. The van der Waals surface area contributed by atoms with Gasteiger partial charge in [-0.25, -0.2) is 9.37 Å². The number of carbonyl (C=O) groups excluding carboxylic acids is 1. The Morgan fingerprint density at radius 3 is 2.42 bits per heavy atom. The van der Waals surface area contributed by atoms with Crippen molar-refractivity contribution in [3.63, 3.8) is 0 Å². The van der Waals surface area contributed by atoms with Gasteiger partial charge >= 0.3 is 6.18 Å². The second kappa shape index (κ2) is 11.1. The van der Waals surface area contributed by atoms with Gasteiger partial charge in [-0.15, -0.1) is 13.2 Å². The zero-order valence-corrected chi connectivity index (χ0v) is 20.9. The van der Waals surface area contributed by atoms with Gasteiger partial charge in [0.25, 0.3) is 5.91 Å². The number of hydrogen-bond donors (Lipinski definition) is 0. The summed E-state index contributed by atoms with van der Waals surface area (Å²) in [6, 6.07) is 10.6. The summed E-state index contributed by atoms with van der Waals surface area (Å²) >= 11 is 0. The maximum atomic E-state index is 14.3. The average molecular weight is 526 g/mol. The van der Waals surface area contributed by atoms with Gasteiger partial charge in [0.05, 0.1) is 35.3 Å². The molecule has 4 rings (SSSR count). The number of hydrogen-bond acceptors (Lipinski definition) is 4. The van der Waals surface area contributed by atoms with Crippen LogP contribution in [0.5, 0.6) is 5.88 Å². The molecular weight excluding hydrogens is 498 g/mol. The second-order valence-corrected chi connectivity index (χ2v) is 8.80. The van der Waals surface area contributed by atoms with E-state index in [4.69, 9.17) is 4.74 Å². The lowest BCUT2D eigenvalue weighted by Crippen LogP contribution is -2.46. The van der Waals surface area contributed by atoms with E-state index in [0.29, 0.717) is 59.9 Å². The first kappa shape index (κ1) is 26.9. The largest absolute Gasteiger partial charge is 0.481 e. The van der Waals surface area contributed by atoms with Crippen LogP contribution in [0.3, 0.4) is 0 Å². The number of pyridine rings is 1. The minimum atomic E-state index is -4.64. The van der Waals surface area contributed by atoms with E-state index < -0.39 is 23.5 Å². The number of benzene rings is 2. The van der Waals surface area contributed by atoms with Crippen LogP contribution in [-0.4, -0.2) is 24.7 Å². The van der Waals surface area contributed by atoms with E-state index >= 15 is 0 Å². The number of amides is 1. The van der Waals surface area contributed by atoms with Crippen LogP contribution in [0.25, 0.3) is 0 Å². The number of aryl methyl sites for hydroxylation is 1. The van der Waals surface area contributed by atoms with Crippen LogP contribution in [-0.2, 0) is 19.0 Å². The van der Waals surface area contributed by atoms with Crippen molar-refractivity contribution in [1.82, 2.24) is 4.98 Å². The molecule has 0 aliphatic carbocycles. The van der Waals surface area contributed by atoms with Crippen LogP contribution in [0.2, 0.25) is 0 Å². The van der Waals surface area contributed by atoms with Crippen molar-refractivity contribution in [3.05, 3.63) is 102 Å². The first-order valence-electron chi connectivity index (χ1n) is 12.0. The average Bonchev–Trinajstić information content (AvgIpc) is 2.89. The summed E-state index contributed by atoms with van der Waals surface area (Å²) in [5, 5.41) is 0. The highest BCUT2D eigenvalue weighted by Gasteiger charge is 2.37. The lowest BCUT2D eigenvalue weighted by molar-refractivity contribution is -0.137. The number of anilines is 3. The molecule has 1 aromatic heterocycles. The topological polar surface area (TPSA) is 45.7 Å². The number of alkyl halides is 3. The molecule has 0 N–H and O–H groups in total. The smallest absolute Gasteiger partial charge is 0.416 e. The number of ether oxygens (including phenoxy) is 1. The molecule has 0 spiro atoms. The summed E-state index contributed by atoms with van der Waals surface area (Å²) in [4.78, 5) is 21.3. The summed E-state index contributed by atoms with van der Waals surface area (Å²) in [5.74, 6) is -0.697. The fraction of sp³-hybridized carbons (Fsp3) is 0.241. The number of methoxy groups -OCH3 is 1. The zero-order chi connectivity index (χ0) is 27.4. The van der Waals surface area contributed by atoms with E-state index in [2.05, 4.69) is 18.1 Å². The molecule has 5 nitrogen and oxygen atoms in total. The van der Waals surface area contributed by atoms with Gasteiger partial charge in [-0.3, -0.25) is 9.69 Å². The normalized spacial score (nSPS) is 13.3. The molecule has 0 saturated heterocycles.